The first-order valence-corrected chi connectivity index (χ1v) is 6.54. The van der Waals surface area contributed by atoms with Gasteiger partial charge in [0.2, 0.25) is 0 Å². The Hall–Kier alpha value is -0.720. The van der Waals surface area contributed by atoms with Crippen molar-refractivity contribution >= 4 is 11.6 Å². The number of ether oxygens (including phenoxy) is 1. The molecule has 4 nitrogen and oxygen atoms in total. The molecule has 7 heteroatoms. The minimum atomic E-state index is -2.41. The minimum Gasteiger partial charge on any atom is -0.375 e. The average molecular weight is 296 g/mol. The van der Waals surface area contributed by atoms with Crippen molar-refractivity contribution < 1.29 is 13.5 Å². The fourth-order valence-electron chi connectivity index (χ4n) is 1.90. The van der Waals surface area contributed by atoms with Crippen LogP contribution in [0.25, 0.3) is 0 Å². The number of nitrogens with zero attached hydrogens (tertiary/aromatic N) is 2. The van der Waals surface area contributed by atoms with E-state index in [9.17, 15) is 8.78 Å². The molecule has 0 saturated heterocycles. The highest BCUT2D eigenvalue weighted by atomic mass is 35.5. The molecule has 0 radical (unpaired) electrons. The second kappa shape index (κ2) is 7.77. The molecule has 1 unspecified atom stereocenters. The molecule has 1 rings (SSSR count). The van der Waals surface area contributed by atoms with E-state index in [4.69, 9.17) is 16.3 Å². The second-order valence-corrected chi connectivity index (χ2v) is 4.78. The fourth-order valence-corrected chi connectivity index (χ4v) is 2.15. The highest BCUT2D eigenvalue weighted by Crippen LogP contribution is 2.20. The Kier molecular flexibility index (Phi) is 6.68. The van der Waals surface area contributed by atoms with Crippen molar-refractivity contribution in [2.24, 2.45) is 7.05 Å². The summed E-state index contributed by atoms with van der Waals surface area (Å²) in [6.07, 6.45) is -1.07. The molecule has 1 N–H and O–H groups in total. The Balaban J connectivity index is 2.48. The maximum absolute atomic E-state index is 11.9. The number of aromatic nitrogens is 2. The maximum Gasteiger partial charge on any atom is 0.261 e. The van der Waals surface area contributed by atoms with E-state index in [0.717, 1.165) is 11.3 Å². The second-order valence-electron chi connectivity index (χ2n) is 4.42. The molecule has 0 amide bonds. The lowest BCUT2D eigenvalue weighted by Crippen LogP contribution is -2.29. The summed E-state index contributed by atoms with van der Waals surface area (Å²) >= 11 is 6.16. The molecule has 1 aromatic heterocycles. The quantitative estimate of drug-likeness (QED) is 0.747. The molecule has 0 aliphatic heterocycles. The van der Waals surface area contributed by atoms with Crippen LogP contribution in [0.5, 0.6) is 0 Å². The van der Waals surface area contributed by atoms with Crippen LogP contribution in [-0.2, 0) is 18.2 Å². The molecule has 110 valence electrons. The van der Waals surface area contributed by atoms with E-state index in [1.807, 2.05) is 14.0 Å². The summed E-state index contributed by atoms with van der Waals surface area (Å²) in [5.74, 6) is 0. The zero-order chi connectivity index (χ0) is 14.4. The lowest BCUT2D eigenvalue weighted by Gasteiger charge is -2.16. The van der Waals surface area contributed by atoms with Crippen molar-refractivity contribution in [3.05, 3.63) is 16.4 Å². The van der Waals surface area contributed by atoms with E-state index in [1.165, 1.54) is 0 Å². The average Bonchev–Trinajstić information content (AvgIpc) is 2.58. The number of aryl methyl sites for hydroxylation is 2. The predicted molar refractivity (Wildman–Crippen MR) is 70.9 cm³/mol. The molecule has 0 spiro atoms. The van der Waals surface area contributed by atoms with Gasteiger partial charge in [-0.3, -0.25) is 4.68 Å². The monoisotopic (exact) mass is 295 g/mol. The summed E-state index contributed by atoms with van der Waals surface area (Å²) in [6, 6.07) is 0.123. The molecule has 0 fully saturated rings. The van der Waals surface area contributed by atoms with Gasteiger partial charge in [-0.15, -0.1) is 0 Å². The number of hydrogen-bond donors (Lipinski definition) is 1. The van der Waals surface area contributed by atoms with Gasteiger partial charge < -0.3 is 10.1 Å². The van der Waals surface area contributed by atoms with Crippen LogP contribution >= 0.6 is 11.6 Å². The van der Waals surface area contributed by atoms with Gasteiger partial charge in [-0.2, -0.15) is 5.10 Å². The van der Waals surface area contributed by atoms with Gasteiger partial charge in [-0.1, -0.05) is 11.6 Å². The van der Waals surface area contributed by atoms with Gasteiger partial charge in [0.15, 0.2) is 0 Å². The van der Waals surface area contributed by atoms with Gasteiger partial charge in [0, 0.05) is 25.3 Å². The van der Waals surface area contributed by atoms with E-state index in [1.54, 1.807) is 11.7 Å². The molecule has 0 aliphatic carbocycles. The molecule has 1 aromatic rings. The number of alkyl halides is 2. The number of halogens is 3. The minimum absolute atomic E-state index is 0.123. The highest BCUT2D eigenvalue weighted by molar-refractivity contribution is 6.30. The van der Waals surface area contributed by atoms with Crippen molar-refractivity contribution in [2.45, 2.75) is 32.2 Å². The number of rotatable bonds is 8. The zero-order valence-corrected chi connectivity index (χ0v) is 12.2. The third kappa shape index (κ3) is 5.04. The van der Waals surface area contributed by atoms with Crippen LogP contribution in [0, 0.1) is 6.92 Å². The summed E-state index contributed by atoms with van der Waals surface area (Å²) in [5.41, 5.74) is 1.87. The molecule has 1 atom stereocenters. The molecular formula is C12H20ClF2N3O. The maximum atomic E-state index is 11.9. The molecule has 0 saturated carbocycles. The summed E-state index contributed by atoms with van der Waals surface area (Å²) in [4.78, 5) is 0. The van der Waals surface area contributed by atoms with Gasteiger partial charge in [0.1, 0.15) is 11.8 Å². The van der Waals surface area contributed by atoms with E-state index in [2.05, 4.69) is 10.4 Å². The van der Waals surface area contributed by atoms with Crippen LogP contribution in [0.4, 0.5) is 8.78 Å². The first-order chi connectivity index (χ1) is 8.95. The zero-order valence-electron chi connectivity index (χ0n) is 11.4. The van der Waals surface area contributed by atoms with Crippen molar-refractivity contribution in [1.82, 2.24) is 15.1 Å². The Bertz CT molecular complexity index is 399. The lowest BCUT2D eigenvalue weighted by molar-refractivity contribution is 0.0146. The first-order valence-electron chi connectivity index (χ1n) is 6.16. The first kappa shape index (κ1) is 16.3. The molecule has 19 heavy (non-hydrogen) atoms. The van der Waals surface area contributed by atoms with Gasteiger partial charge >= 0.3 is 0 Å². The third-order valence-electron chi connectivity index (χ3n) is 2.98. The normalized spacial score (nSPS) is 13.2. The highest BCUT2D eigenvalue weighted by Gasteiger charge is 2.16. The SMILES string of the molecule is CNC(CCOCC(F)F)Cc1c(C)nn(C)c1Cl. The molecular weight excluding hydrogens is 276 g/mol. The Morgan fingerprint density at radius 3 is 2.63 bits per heavy atom. The van der Waals surface area contributed by atoms with Crippen LogP contribution in [0.1, 0.15) is 17.7 Å². The standard InChI is InChI=1S/C12H20ClF2N3O/c1-8-10(12(13)18(3)17-8)6-9(16-2)4-5-19-7-11(14)15/h9,11,16H,4-7H2,1-3H3. The Labute approximate surface area is 117 Å². The Morgan fingerprint density at radius 2 is 2.16 bits per heavy atom. The number of nitrogens with one attached hydrogen (secondary N) is 1. The van der Waals surface area contributed by atoms with Crippen molar-refractivity contribution in [3.8, 4) is 0 Å². The van der Waals surface area contributed by atoms with Crippen LogP contribution in [0.3, 0.4) is 0 Å². The summed E-state index contributed by atoms with van der Waals surface area (Å²) in [5, 5.41) is 8.00. The van der Waals surface area contributed by atoms with Gasteiger partial charge in [0.25, 0.3) is 6.43 Å². The van der Waals surface area contributed by atoms with Crippen molar-refractivity contribution in [3.63, 3.8) is 0 Å². The van der Waals surface area contributed by atoms with Gasteiger partial charge in [-0.25, -0.2) is 8.78 Å². The Morgan fingerprint density at radius 1 is 1.47 bits per heavy atom. The van der Waals surface area contributed by atoms with Crippen LogP contribution in [-0.4, -0.2) is 42.5 Å². The van der Waals surface area contributed by atoms with Gasteiger partial charge in [0.05, 0.1) is 5.69 Å². The smallest absolute Gasteiger partial charge is 0.261 e. The molecule has 1 heterocycles. The predicted octanol–water partition coefficient (Wildman–Crippen LogP) is 2.18. The molecule has 0 aromatic carbocycles. The van der Waals surface area contributed by atoms with E-state index in [0.29, 0.717) is 24.6 Å². The van der Waals surface area contributed by atoms with E-state index < -0.39 is 13.0 Å². The topological polar surface area (TPSA) is 39.1 Å². The van der Waals surface area contributed by atoms with E-state index in [-0.39, 0.29) is 6.04 Å². The molecule has 0 bridgehead atoms. The molecule has 0 aliphatic rings. The van der Waals surface area contributed by atoms with Crippen LogP contribution in [0.2, 0.25) is 5.15 Å². The third-order valence-corrected chi connectivity index (χ3v) is 3.46. The largest absolute Gasteiger partial charge is 0.375 e. The summed E-state index contributed by atoms with van der Waals surface area (Å²) < 4.78 is 30.4. The number of likely N-dealkylation sites (N-methyl/N-ethyl adjacent to an activating group) is 1. The van der Waals surface area contributed by atoms with Crippen molar-refractivity contribution in [2.75, 3.05) is 20.3 Å². The van der Waals surface area contributed by atoms with Gasteiger partial charge in [-0.05, 0) is 26.8 Å². The fraction of sp³-hybridized carbons (Fsp3) is 0.750. The van der Waals surface area contributed by atoms with E-state index >= 15 is 0 Å². The number of hydrogen-bond acceptors (Lipinski definition) is 3. The van der Waals surface area contributed by atoms with Crippen molar-refractivity contribution in [1.29, 1.82) is 0 Å². The summed E-state index contributed by atoms with van der Waals surface area (Å²) in [6.45, 7) is 1.69. The van der Waals surface area contributed by atoms with Crippen LogP contribution in [0.15, 0.2) is 0 Å². The summed E-state index contributed by atoms with van der Waals surface area (Å²) in [7, 11) is 3.62. The lowest BCUT2D eigenvalue weighted by atomic mass is 10.0. The van der Waals surface area contributed by atoms with Crippen LogP contribution < -0.4 is 5.32 Å².